The smallest absolute Gasteiger partial charge is 0.0704 e. The minimum Gasteiger partial charge on any atom is -0.394 e. The fraction of sp³-hybridized carbons (Fsp3) is 1.00. The van der Waals surface area contributed by atoms with Crippen LogP contribution in [0, 0.1) is 0 Å². The van der Waals surface area contributed by atoms with Crippen molar-refractivity contribution in [2.45, 2.75) is 656 Å². The highest BCUT2D eigenvalue weighted by Crippen LogP contribution is 2.15. The van der Waals surface area contributed by atoms with Crippen LogP contribution < -0.4 is 0 Å². The molecule has 0 aliphatic rings. The zero-order chi connectivity index (χ0) is 106. The fourth-order valence-electron chi connectivity index (χ4n) is 0.424. The lowest BCUT2D eigenvalue weighted by Crippen LogP contribution is -2.24. The number of hydrogen-bond acceptors (Lipinski definition) is 21. The van der Waals surface area contributed by atoms with Crippen LogP contribution in [-0.2, 0) is 4.74 Å². The minimum absolute atomic E-state index is 0.0667. The maximum atomic E-state index is 8.83. The summed E-state index contributed by atoms with van der Waals surface area (Å²) in [5.74, 6) is 0. The molecule has 0 unspecified atom stereocenters. The lowest BCUT2D eigenvalue weighted by Gasteiger charge is -2.22. The highest BCUT2D eigenvalue weighted by molar-refractivity contribution is 4.69. The quantitative estimate of drug-likeness (QED) is 0.0452. The Balaban J connectivity index is -0.0000000505. The van der Waals surface area contributed by atoms with E-state index >= 15 is 0 Å². The van der Waals surface area contributed by atoms with Gasteiger partial charge in [-0.25, -0.2) is 0 Å². The first-order valence-electron chi connectivity index (χ1n) is 46.8. The van der Waals surface area contributed by atoms with Crippen molar-refractivity contribution in [3.8, 4) is 0 Å². The van der Waals surface area contributed by atoms with E-state index < -0.39 is 106 Å². The molecule has 0 amide bonds. The summed E-state index contributed by atoms with van der Waals surface area (Å²) in [7, 11) is 0. The average molecular weight is 1810 g/mol. The molecule has 0 atom stereocenters. The van der Waals surface area contributed by atoms with Crippen LogP contribution in [-0.4, -0.2) is 227 Å². The van der Waals surface area contributed by atoms with Gasteiger partial charge in [-0.05, 0) is 405 Å². The van der Waals surface area contributed by atoms with E-state index in [1.165, 1.54) is 0 Å². The molecule has 0 aromatic carbocycles. The summed E-state index contributed by atoms with van der Waals surface area (Å²) in [5, 5.41) is 176. The number of hydrogen-bond donors (Lipinski definition) is 20. The van der Waals surface area contributed by atoms with E-state index in [4.69, 9.17) is 107 Å². The third kappa shape index (κ3) is 418. The summed E-state index contributed by atoms with van der Waals surface area (Å²) >= 11 is 0. The Kier molecular flexibility index (Phi) is 121. The molecule has 0 saturated carbocycles. The van der Waals surface area contributed by atoms with Gasteiger partial charge < -0.3 is 107 Å². The van der Waals surface area contributed by atoms with Crippen LogP contribution in [0.3, 0.4) is 0 Å². The van der Waals surface area contributed by atoms with Gasteiger partial charge in [0, 0.05) is 0 Å². The van der Waals surface area contributed by atoms with Gasteiger partial charge >= 0.3 is 0 Å². The average Bonchev–Trinajstić information content (AvgIpc) is 0.956. The van der Waals surface area contributed by atoms with Gasteiger partial charge in [0.05, 0.1) is 125 Å². The van der Waals surface area contributed by atoms with Gasteiger partial charge in [-0.15, -0.1) is 0 Å². The van der Waals surface area contributed by atoms with Crippen LogP contribution in [0.15, 0.2) is 0 Å². The van der Waals surface area contributed by atoms with Crippen LogP contribution in [0.25, 0.3) is 0 Å². The van der Waals surface area contributed by atoms with Crippen LogP contribution in [0.1, 0.15) is 544 Å². The molecule has 0 aliphatic heterocycles. The third-order valence-corrected chi connectivity index (χ3v) is 17.9. The van der Waals surface area contributed by atoms with Crippen molar-refractivity contribution in [3.63, 3.8) is 0 Å². The van der Waals surface area contributed by atoms with Crippen molar-refractivity contribution in [2.24, 2.45) is 0 Å². The lowest BCUT2D eigenvalue weighted by molar-refractivity contribution is -0.0350. The summed E-state index contributed by atoms with van der Waals surface area (Å²) in [5.41, 5.74) is -8.78. The van der Waals surface area contributed by atoms with E-state index in [1.807, 2.05) is 145 Å². The molecule has 0 aromatic heterocycles. The number of aliphatic hydroxyl groups excluding tert-OH is 1. The Hall–Kier alpha value is -0.840. The van der Waals surface area contributed by atoms with Gasteiger partial charge in [0.25, 0.3) is 0 Å². The second-order valence-corrected chi connectivity index (χ2v) is 43.8. The van der Waals surface area contributed by atoms with Gasteiger partial charge in [-0.3, -0.25) is 0 Å². The topological polar surface area (TPSA) is 414 Å². The second-order valence-electron chi connectivity index (χ2n) is 43.8. The summed E-state index contributed by atoms with van der Waals surface area (Å²) in [4.78, 5) is 0. The zero-order valence-corrected chi connectivity index (χ0v) is 94.9. The highest BCUT2D eigenvalue weighted by Gasteiger charge is 2.17. The van der Waals surface area contributed by atoms with E-state index in [0.29, 0.717) is 6.61 Å². The minimum atomic E-state index is -0.458. The van der Waals surface area contributed by atoms with E-state index in [2.05, 4.69) is 6.92 Å². The summed E-state index contributed by atoms with van der Waals surface area (Å²) in [6.45, 7) is 112. The molecule has 20 N–H and O–H groups in total. The predicted molar refractivity (Wildman–Crippen MR) is 543 cm³/mol. The molecule has 0 fully saturated rings. The third-order valence-electron chi connectivity index (χ3n) is 17.9. The molecule has 0 aliphatic carbocycles. The summed E-state index contributed by atoms with van der Waals surface area (Å²) < 4.78 is 5.28. The first-order valence-corrected chi connectivity index (χ1v) is 46.8. The van der Waals surface area contributed by atoms with Crippen molar-refractivity contribution in [1.29, 1.82) is 0 Å². The number of ether oxygens (including phenoxy) is 1. The van der Waals surface area contributed by atoms with Gasteiger partial charge in [0.15, 0.2) is 0 Å². The molecule has 0 bridgehead atoms. The van der Waals surface area contributed by atoms with Gasteiger partial charge in [-0.1, -0.05) is 138 Å². The van der Waals surface area contributed by atoms with Crippen molar-refractivity contribution < 1.29 is 107 Å². The molecular formula is C102H244O21. The van der Waals surface area contributed by atoms with Crippen molar-refractivity contribution in [1.82, 2.24) is 0 Å². The molecule has 123 heavy (non-hydrogen) atoms. The molecule has 0 heterocycles. The van der Waals surface area contributed by atoms with Crippen molar-refractivity contribution >= 4 is 0 Å². The molecule has 21 nitrogen and oxygen atoms in total. The normalized spacial score (nSPS) is 12.0. The van der Waals surface area contributed by atoms with Crippen LogP contribution in [0.2, 0.25) is 0 Å². The largest absolute Gasteiger partial charge is 0.394 e. The maximum absolute atomic E-state index is 8.83. The van der Waals surface area contributed by atoms with E-state index in [1.54, 1.807) is 263 Å². The number of rotatable bonds is 23. The Labute approximate surface area is 772 Å². The lowest BCUT2D eigenvalue weighted by atomic mass is 10.1. The molecule has 0 aromatic rings. The Morgan fingerprint density at radius 1 is 0.122 bits per heavy atom. The maximum Gasteiger partial charge on any atom is 0.0704 e. The van der Waals surface area contributed by atoms with Crippen molar-refractivity contribution in [2.75, 3.05) is 13.2 Å². The monoisotopic (exact) mass is 1810 g/mol. The fourth-order valence-corrected chi connectivity index (χ4v) is 0.424. The van der Waals surface area contributed by atoms with Crippen molar-refractivity contribution in [3.05, 3.63) is 0 Å². The van der Waals surface area contributed by atoms with E-state index in [9.17, 15) is 0 Å². The van der Waals surface area contributed by atoms with Gasteiger partial charge in [-0.2, -0.15) is 0 Å². The Morgan fingerprint density at radius 2 is 0.171 bits per heavy atom. The second kappa shape index (κ2) is 86.6. The predicted octanol–water partition coefficient (Wildman–Crippen LogP) is 23.4. The Morgan fingerprint density at radius 3 is 0.195 bits per heavy atom. The van der Waals surface area contributed by atoms with Crippen LogP contribution in [0.4, 0.5) is 0 Å². The zero-order valence-electron chi connectivity index (χ0n) is 94.9. The summed E-state index contributed by atoms with van der Waals surface area (Å²) in [6.07, 6.45) is 16.7. The standard InChI is InChI=1S/C7H16O2.19C5H12O/c1-4-7(2,3)9-6-5-8;19*1-4-5(2,3)6/h8H,4-6H2,1-3H3;19*6H,4H2,1-3H3. The van der Waals surface area contributed by atoms with Crippen LogP contribution in [0.5, 0.6) is 0 Å². The Bertz CT molecular complexity index is 1380. The van der Waals surface area contributed by atoms with Crippen LogP contribution >= 0.6 is 0 Å². The van der Waals surface area contributed by atoms with E-state index in [-0.39, 0.29) is 12.2 Å². The molecule has 778 valence electrons. The van der Waals surface area contributed by atoms with Gasteiger partial charge in [0.1, 0.15) is 0 Å². The SMILES string of the molecule is CCC(C)(C)O.CCC(C)(C)O.CCC(C)(C)O.CCC(C)(C)O.CCC(C)(C)O.CCC(C)(C)O.CCC(C)(C)O.CCC(C)(C)O.CCC(C)(C)O.CCC(C)(C)O.CCC(C)(C)O.CCC(C)(C)O.CCC(C)(C)O.CCC(C)(C)O.CCC(C)(C)O.CCC(C)(C)O.CCC(C)(C)O.CCC(C)(C)O.CCC(C)(C)O.CCC(C)(C)OCCO. The molecule has 0 rings (SSSR count). The molecule has 0 saturated heterocycles. The first-order chi connectivity index (χ1) is 52.8. The van der Waals surface area contributed by atoms with E-state index in [0.717, 1.165) is 128 Å². The molecule has 21 heteroatoms. The molecular weight excluding hydrogens is 1560 g/mol. The molecule has 0 radical (unpaired) electrons. The molecule has 0 spiro atoms. The number of aliphatic hydroxyl groups is 20. The first kappa shape index (κ1) is 172. The van der Waals surface area contributed by atoms with Gasteiger partial charge in [0.2, 0.25) is 0 Å². The summed E-state index contributed by atoms with van der Waals surface area (Å²) in [6, 6.07) is 0. The highest BCUT2D eigenvalue weighted by atomic mass is 16.5.